The van der Waals surface area contributed by atoms with Crippen molar-refractivity contribution in [3.8, 4) is 0 Å². The highest BCUT2D eigenvalue weighted by Gasteiger charge is 2.31. The molecule has 1 aliphatic carbocycles. The van der Waals surface area contributed by atoms with Gasteiger partial charge in [0.2, 0.25) is 0 Å². The summed E-state index contributed by atoms with van der Waals surface area (Å²) in [4.78, 5) is 12.3. The number of aliphatic imine (C=N–C) groups is 1. The first-order valence-corrected chi connectivity index (χ1v) is 14.5. The van der Waals surface area contributed by atoms with Gasteiger partial charge in [-0.2, -0.15) is 0 Å². The minimum atomic E-state index is 0.299. The third kappa shape index (κ3) is 5.82. The van der Waals surface area contributed by atoms with Gasteiger partial charge in [-0.25, -0.2) is 0 Å². The molecule has 39 heavy (non-hydrogen) atoms. The Morgan fingerprint density at radius 2 is 1.59 bits per heavy atom. The number of halogens is 1. The Bertz CT molecular complexity index is 1330. The monoisotopic (exact) mass is 540 g/mol. The molecule has 2 heterocycles. The molecule has 5 nitrogen and oxygen atoms in total. The fraction of sp³-hybridized carbons (Fsp3) is 0.364. The second-order valence-corrected chi connectivity index (χ2v) is 11.2. The molecule has 0 radical (unpaired) electrons. The number of fused-ring (bicyclic) bond motifs is 2. The van der Waals surface area contributed by atoms with E-state index in [1.807, 2.05) is 12.1 Å². The predicted molar refractivity (Wildman–Crippen MR) is 162 cm³/mol. The van der Waals surface area contributed by atoms with E-state index in [1.165, 1.54) is 39.2 Å². The van der Waals surface area contributed by atoms with Crippen molar-refractivity contribution < 1.29 is 4.74 Å². The van der Waals surface area contributed by atoms with Gasteiger partial charge in [0.1, 0.15) is 6.67 Å². The van der Waals surface area contributed by atoms with E-state index in [2.05, 4.69) is 81.6 Å². The maximum atomic E-state index is 6.19. The van der Waals surface area contributed by atoms with Crippen molar-refractivity contribution in [1.29, 1.82) is 0 Å². The average molecular weight is 541 g/mol. The summed E-state index contributed by atoms with van der Waals surface area (Å²) < 4.78 is 5.23. The minimum absolute atomic E-state index is 0.299. The van der Waals surface area contributed by atoms with Gasteiger partial charge in [-0.3, -0.25) is 9.89 Å². The van der Waals surface area contributed by atoms with Gasteiger partial charge in [-0.15, -0.1) is 0 Å². The molecule has 2 aliphatic heterocycles. The summed E-state index contributed by atoms with van der Waals surface area (Å²) in [7, 11) is 1.78. The van der Waals surface area contributed by atoms with Gasteiger partial charge < -0.3 is 14.5 Å². The van der Waals surface area contributed by atoms with E-state index in [9.17, 15) is 0 Å². The minimum Gasteiger partial charge on any atom is -0.383 e. The number of piperazine rings is 1. The van der Waals surface area contributed by atoms with Gasteiger partial charge in [0.25, 0.3) is 0 Å². The van der Waals surface area contributed by atoms with E-state index >= 15 is 0 Å². The van der Waals surface area contributed by atoms with Crippen LogP contribution in [0, 0.1) is 0 Å². The van der Waals surface area contributed by atoms with Crippen molar-refractivity contribution in [2.75, 3.05) is 64.6 Å². The molecule has 0 amide bonds. The fourth-order valence-corrected chi connectivity index (χ4v) is 6.27. The van der Waals surface area contributed by atoms with Crippen LogP contribution in [-0.4, -0.2) is 75.7 Å². The Hall–Kier alpha value is -2.96. The lowest BCUT2D eigenvalue weighted by Gasteiger charge is -2.37. The molecule has 1 atom stereocenters. The molecule has 202 valence electrons. The second-order valence-electron chi connectivity index (χ2n) is 10.7. The van der Waals surface area contributed by atoms with Crippen LogP contribution in [-0.2, 0) is 11.2 Å². The predicted octanol–water partition coefficient (Wildman–Crippen LogP) is 5.94. The van der Waals surface area contributed by atoms with Gasteiger partial charge >= 0.3 is 0 Å². The molecule has 0 bridgehead atoms. The largest absolute Gasteiger partial charge is 0.383 e. The summed E-state index contributed by atoms with van der Waals surface area (Å²) in [6.45, 7) is 8.16. The van der Waals surface area contributed by atoms with Gasteiger partial charge in [-0.05, 0) is 59.4 Å². The number of hydrogen-bond acceptors (Lipinski definition) is 5. The molecule has 6 heteroatoms. The van der Waals surface area contributed by atoms with E-state index in [-0.39, 0.29) is 0 Å². The van der Waals surface area contributed by atoms with Crippen LogP contribution in [0.25, 0.3) is 5.70 Å². The van der Waals surface area contributed by atoms with Crippen molar-refractivity contribution in [2.24, 2.45) is 4.99 Å². The lowest BCUT2D eigenvalue weighted by atomic mass is 9.77. The number of anilines is 1. The molecule has 0 aromatic heterocycles. The summed E-state index contributed by atoms with van der Waals surface area (Å²) in [5, 5.41) is 0.775. The van der Waals surface area contributed by atoms with Gasteiger partial charge in [0.05, 0.1) is 12.3 Å². The summed E-state index contributed by atoms with van der Waals surface area (Å²) in [6, 6.07) is 26.3. The Balaban J connectivity index is 1.16. The van der Waals surface area contributed by atoms with Crippen molar-refractivity contribution in [3.05, 3.63) is 106 Å². The number of allylic oxidation sites excluding steroid dienone is 1. The zero-order chi connectivity index (χ0) is 26.6. The molecule has 0 saturated carbocycles. The average Bonchev–Trinajstić information content (AvgIpc) is 2.99. The van der Waals surface area contributed by atoms with Crippen molar-refractivity contribution in [1.82, 2.24) is 9.80 Å². The highest BCUT2D eigenvalue weighted by Crippen LogP contribution is 2.45. The zero-order valence-electron chi connectivity index (χ0n) is 22.7. The summed E-state index contributed by atoms with van der Waals surface area (Å²) in [5.74, 6) is 0.299. The molecule has 3 aromatic rings. The highest BCUT2D eigenvalue weighted by molar-refractivity contribution is 6.30. The van der Waals surface area contributed by atoms with E-state index in [0.717, 1.165) is 63.7 Å². The maximum Gasteiger partial charge on any atom is 0.114 e. The summed E-state index contributed by atoms with van der Waals surface area (Å²) >= 11 is 6.19. The van der Waals surface area contributed by atoms with Crippen LogP contribution in [0.3, 0.4) is 0 Å². The van der Waals surface area contributed by atoms with Crippen molar-refractivity contribution in [2.45, 2.75) is 18.8 Å². The Morgan fingerprint density at radius 3 is 2.33 bits per heavy atom. The quantitative estimate of drug-likeness (QED) is 0.354. The van der Waals surface area contributed by atoms with Crippen molar-refractivity contribution >= 4 is 29.2 Å². The van der Waals surface area contributed by atoms with E-state index < -0.39 is 0 Å². The van der Waals surface area contributed by atoms with Crippen LogP contribution in [0.4, 0.5) is 5.69 Å². The van der Waals surface area contributed by atoms with Gasteiger partial charge in [-0.1, -0.05) is 60.1 Å². The smallest absolute Gasteiger partial charge is 0.114 e. The number of methoxy groups -OCH3 is 1. The number of nitrogens with zero attached hydrogens (tertiary/aromatic N) is 4. The Morgan fingerprint density at radius 1 is 0.872 bits per heavy atom. The molecule has 0 spiro atoms. The SMILES string of the molecule is COCCN1CCN(CCc2ccc(N3CN=CC4=C3c3ccccc3C(c3ccc(Cl)cc3)C4)cc2)CC1. The summed E-state index contributed by atoms with van der Waals surface area (Å²) in [6.07, 6.45) is 4.11. The molecule has 3 aromatic carbocycles. The van der Waals surface area contributed by atoms with Crippen molar-refractivity contribution in [3.63, 3.8) is 0 Å². The van der Waals surface area contributed by atoms with E-state index in [0.29, 0.717) is 12.6 Å². The van der Waals surface area contributed by atoms with Crippen LogP contribution in [0.5, 0.6) is 0 Å². The molecular formula is C33H37ClN4O. The van der Waals surface area contributed by atoms with E-state index in [4.69, 9.17) is 21.3 Å². The third-order valence-corrected chi connectivity index (χ3v) is 8.63. The van der Waals surface area contributed by atoms with E-state index in [1.54, 1.807) is 7.11 Å². The Kier molecular flexibility index (Phi) is 8.12. The molecular weight excluding hydrogens is 504 g/mol. The summed E-state index contributed by atoms with van der Waals surface area (Å²) in [5.41, 5.74) is 9.16. The first-order valence-electron chi connectivity index (χ1n) is 14.1. The number of hydrogen-bond donors (Lipinski definition) is 0. The fourth-order valence-electron chi connectivity index (χ4n) is 6.14. The van der Waals surface area contributed by atoms with Crippen LogP contribution in [0.15, 0.2) is 83.4 Å². The molecule has 6 rings (SSSR count). The lowest BCUT2D eigenvalue weighted by Crippen LogP contribution is -2.47. The first-order chi connectivity index (χ1) is 19.2. The zero-order valence-corrected chi connectivity index (χ0v) is 23.5. The molecule has 1 unspecified atom stereocenters. The highest BCUT2D eigenvalue weighted by atomic mass is 35.5. The lowest BCUT2D eigenvalue weighted by molar-refractivity contribution is 0.0976. The first kappa shape index (κ1) is 26.3. The topological polar surface area (TPSA) is 31.3 Å². The molecule has 1 saturated heterocycles. The van der Waals surface area contributed by atoms with Gasteiger partial charge in [0, 0.05) is 74.8 Å². The maximum absolute atomic E-state index is 6.19. The number of benzene rings is 3. The van der Waals surface area contributed by atoms with Crippen LogP contribution in [0.1, 0.15) is 34.6 Å². The standard InChI is InChI=1S/C33H37ClN4O/c1-39-21-20-37-18-16-36(17-19-37)15-14-25-6-12-29(13-7-25)38-24-35-23-27-22-32(26-8-10-28(34)11-9-26)30-4-2-3-5-31(30)33(27)38/h2-13,23,32H,14-22,24H2,1H3. The van der Waals surface area contributed by atoms with Crippen LogP contribution >= 0.6 is 11.6 Å². The Labute approximate surface area is 237 Å². The van der Waals surface area contributed by atoms with Gasteiger partial charge in [0.15, 0.2) is 0 Å². The number of ether oxygens (including phenoxy) is 1. The normalized spacial score (nSPS) is 19.7. The third-order valence-electron chi connectivity index (χ3n) is 8.37. The number of rotatable bonds is 8. The van der Waals surface area contributed by atoms with Crippen LogP contribution in [0.2, 0.25) is 5.02 Å². The molecule has 3 aliphatic rings. The second kappa shape index (κ2) is 12.1. The molecule has 1 fully saturated rings. The molecule has 0 N–H and O–H groups in total. The van der Waals surface area contributed by atoms with Crippen LogP contribution < -0.4 is 4.90 Å².